The van der Waals surface area contributed by atoms with Crippen LogP contribution in [0.15, 0.2) is 53.9 Å². The van der Waals surface area contributed by atoms with Crippen LogP contribution in [0.4, 0.5) is 0 Å². The monoisotopic (exact) mass is 455 g/mol. The zero-order valence-electron chi connectivity index (χ0n) is 18.0. The summed E-state index contributed by atoms with van der Waals surface area (Å²) in [6.07, 6.45) is 6.16. The van der Waals surface area contributed by atoms with Crippen LogP contribution in [0.3, 0.4) is 0 Å². The molecular weight excluding hydrogens is 430 g/mol. The number of hydrogen-bond acceptors (Lipinski definition) is 5. The number of fused-ring (bicyclic) bond motifs is 1. The number of imidazole rings is 1. The van der Waals surface area contributed by atoms with Crippen molar-refractivity contribution in [1.29, 1.82) is 0 Å². The van der Waals surface area contributed by atoms with E-state index in [0.717, 1.165) is 40.9 Å². The lowest BCUT2D eigenvalue weighted by molar-refractivity contribution is 0.278. The zero-order valence-corrected chi connectivity index (χ0v) is 19.5. The SMILES string of the molecule is CCC(CC)n1c(COc2ccccc2Cl)nnc1SCc1cn2cc(C)ccc2n1. The molecule has 0 saturated carbocycles. The van der Waals surface area contributed by atoms with E-state index in [-0.39, 0.29) is 0 Å². The standard InChI is InChI=1S/C23H26ClN5OS/c1-4-18(5-2)29-22(14-30-20-9-7-6-8-19(20)24)26-27-23(29)31-15-17-13-28-12-16(3)10-11-21(28)25-17/h6-13,18H,4-5,14-15H2,1-3H3. The Hall–Kier alpha value is -2.51. The van der Waals surface area contributed by atoms with Gasteiger partial charge in [-0.2, -0.15) is 0 Å². The van der Waals surface area contributed by atoms with E-state index in [1.54, 1.807) is 11.8 Å². The van der Waals surface area contributed by atoms with Gasteiger partial charge in [0.05, 0.1) is 10.7 Å². The molecule has 4 aromatic rings. The Morgan fingerprint density at radius 3 is 2.65 bits per heavy atom. The first-order chi connectivity index (χ1) is 15.1. The summed E-state index contributed by atoms with van der Waals surface area (Å²) in [6, 6.07) is 11.9. The Labute approximate surface area is 191 Å². The summed E-state index contributed by atoms with van der Waals surface area (Å²) in [5, 5.41) is 10.4. The summed E-state index contributed by atoms with van der Waals surface area (Å²) >= 11 is 7.89. The van der Waals surface area contributed by atoms with E-state index in [0.29, 0.717) is 23.4 Å². The third-order valence-electron chi connectivity index (χ3n) is 5.23. The minimum Gasteiger partial charge on any atom is -0.484 e. The van der Waals surface area contributed by atoms with Crippen LogP contribution in [-0.4, -0.2) is 24.1 Å². The average Bonchev–Trinajstić information content (AvgIpc) is 3.36. The third kappa shape index (κ3) is 4.88. The van der Waals surface area contributed by atoms with E-state index < -0.39 is 0 Å². The second-order valence-electron chi connectivity index (χ2n) is 7.45. The first-order valence-corrected chi connectivity index (χ1v) is 11.8. The van der Waals surface area contributed by atoms with Crippen molar-refractivity contribution < 1.29 is 4.74 Å². The molecule has 162 valence electrons. The summed E-state index contributed by atoms with van der Waals surface area (Å²) in [5.74, 6) is 2.18. The van der Waals surface area contributed by atoms with Gasteiger partial charge in [-0.25, -0.2) is 4.98 Å². The van der Waals surface area contributed by atoms with Crippen molar-refractivity contribution in [2.75, 3.05) is 0 Å². The van der Waals surface area contributed by atoms with E-state index >= 15 is 0 Å². The number of ether oxygens (including phenoxy) is 1. The van der Waals surface area contributed by atoms with E-state index in [1.807, 2.05) is 30.3 Å². The highest BCUT2D eigenvalue weighted by molar-refractivity contribution is 7.98. The van der Waals surface area contributed by atoms with E-state index in [4.69, 9.17) is 21.3 Å². The van der Waals surface area contributed by atoms with Crippen molar-refractivity contribution in [3.8, 4) is 5.75 Å². The summed E-state index contributed by atoms with van der Waals surface area (Å²) < 4.78 is 10.2. The molecule has 31 heavy (non-hydrogen) atoms. The van der Waals surface area contributed by atoms with Crippen LogP contribution in [0.2, 0.25) is 5.02 Å². The Balaban J connectivity index is 1.54. The zero-order chi connectivity index (χ0) is 21.8. The second-order valence-corrected chi connectivity index (χ2v) is 8.80. The molecular formula is C23H26ClN5OS. The molecule has 0 bridgehead atoms. The molecule has 0 atom stereocenters. The lowest BCUT2D eigenvalue weighted by Gasteiger charge is -2.19. The Bertz CT molecular complexity index is 1170. The second kappa shape index (κ2) is 9.75. The van der Waals surface area contributed by atoms with Crippen molar-refractivity contribution in [3.63, 3.8) is 0 Å². The predicted molar refractivity (Wildman–Crippen MR) is 125 cm³/mol. The number of para-hydroxylation sites is 1. The number of hydrogen-bond donors (Lipinski definition) is 0. The maximum atomic E-state index is 6.23. The summed E-state index contributed by atoms with van der Waals surface area (Å²) in [5.41, 5.74) is 3.18. The van der Waals surface area contributed by atoms with Crippen LogP contribution in [0.5, 0.6) is 5.75 Å². The molecule has 1 aromatic carbocycles. The van der Waals surface area contributed by atoms with Crippen molar-refractivity contribution in [1.82, 2.24) is 24.1 Å². The molecule has 0 fully saturated rings. The minimum atomic E-state index is 0.311. The van der Waals surface area contributed by atoms with Crippen molar-refractivity contribution >= 4 is 29.0 Å². The van der Waals surface area contributed by atoms with Crippen LogP contribution in [-0.2, 0) is 12.4 Å². The number of thioether (sulfide) groups is 1. The molecule has 4 rings (SSSR count). The molecule has 3 heterocycles. The van der Waals surface area contributed by atoms with Gasteiger partial charge in [0.15, 0.2) is 11.0 Å². The normalized spacial score (nSPS) is 11.5. The molecule has 0 aliphatic heterocycles. The van der Waals surface area contributed by atoms with Crippen molar-refractivity contribution in [2.45, 2.75) is 57.2 Å². The van der Waals surface area contributed by atoms with Gasteiger partial charge in [0.1, 0.15) is 18.0 Å². The highest BCUT2D eigenvalue weighted by atomic mass is 35.5. The van der Waals surface area contributed by atoms with E-state index in [1.165, 1.54) is 5.56 Å². The lowest BCUT2D eigenvalue weighted by atomic mass is 10.2. The van der Waals surface area contributed by atoms with Crippen molar-refractivity contribution in [3.05, 3.63) is 70.9 Å². The van der Waals surface area contributed by atoms with Crippen LogP contribution in [0.25, 0.3) is 5.65 Å². The largest absolute Gasteiger partial charge is 0.484 e. The topological polar surface area (TPSA) is 57.2 Å². The number of halogens is 1. The lowest BCUT2D eigenvalue weighted by Crippen LogP contribution is -2.14. The molecule has 0 saturated heterocycles. The van der Waals surface area contributed by atoms with Gasteiger partial charge >= 0.3 is 0 Å². The third-order valence-corrected chi connectivity index (χ3v) is 6.52. The highest BCUT2D eigenvalue weighted by Crippen LogP contribution is 2.29. The molecule has 0 radical (unpaired) electrons. The number of aromatic nitrogens is 5. The van der Waals surface area contributed by atoms with Crippen LogP contribution in [0.1, 0.15) is 49.8 Å². The summed E-state index contributed by atoms with van der Waals surface area (Å²) in [6.45, 7) is 6.77. The molecule has 6 nitrogen and oxygen atoms in total. The van der Waals surface area contributed by atoms with Crippen LogP contribution in [0, 0.1) is 6.92 Å². The number of rotatable bonds is 9. The molecule has 0 unspecified atom stereocenters. The van der Waals surface area contributed by atoms with Gasteiger partial charge in [0, 0.05) is 24.2 Å². The molecule has 0 amide bonds. The summed E-state index contributed by atoms with van der Waals surface area (Å²) in [7, 11) is 0. The Morgan fingerprint density at radius 2 is 1.87 bits per heavy atom. The quantitative estimate of drug-likeness (QED) is 0.284. The smallest absolute Gasteiger partial charge is 0.191 e. The van der Waals surface area contributed by atoms with Gasteiger partial charge in [0.2, 0.25) is 0 Å². The highest BCUT2D eigenvalue weighted by Gasteiger charge is 2.20. The molecule has 3 aromatic heterocycles. The molecule has 0 aliphatic rings. The first kappa shape index (κ1) is 21.7. The van der Waals surface area contributed by atoms with Crippen molar-refractivity contribution in [2.24, 2.45) is 0 Å². The summed E-state index contributed by atoms with van der Waals surface area (Å²) in [4.78, 5) is 4.72. The Morgan fingerprint density at radius 1 is 1.06 bits per heavy atom. The van der Waals surface area contributed by atoms with Crippen LogP contribution >= 0.6 is 23.4 Å². The van der Waals surface area contributed by atoms with Gasteiger partial charge in [-0.05, 0) is 43.5 Å². The van der Waals surface area contributed by atoms with Gasteiger partial charge in [-0.15, -0.1) is 10.2 Å². The fraction of sp³-hybridized carbons (Fsp3) is 0.348. The van der Waals surface area contributed by atoms with E-state index in [9.17, 15) is 0 Å². The fourth-order valence-electron chi connectivity index (χ4n) is 3.59. The fourth-order valence-corrected chi connectivity index (χ4v) is 4.69. The number of pyridine rings is 1. The molecule has 0 N–H and O–H groups in total. The van der Waals surface area contributed by atoms with Crippen LogP contribution < -0.4 is 4.74 Å². The maximum absolute atomic E-state index is 6.23. The average molecular weight is 456 g/mol. The molecule has 0 spiro atoms. The van der Waals surface area contributed by atoms with Gasteiger partial charge in [-0.3, -0.25) is 0 Å². The minimum absolute atomic E-state index is 0.311. The molecule has 0 aliphatic carbocycles. The maximum Gasteiger partial charge on any atom is 0.191 e. The van der Waals surface area contributed by atoms with Gasteiger partial charge in [0.25, 0.3) is 0 Å². The van der Waals surface area contributed by atoms with Gasteiger partial charge in [-0.1, -0.05) is 55.4 Å². The van der Waals surface area contributed by atoms with Gasteiger partial charge < -0.3 is 13.7 Å². The molecule has 8 heteroatoms. The first-order valence-electron chi connectivity index (χ1n) is 10.5. The van der Waals surface area contributed by atoms with E-state index in [2.05, 4.69) is 58.4 Å². The Kier molecular flexibility index (Phi) is 6.83. The number of aryl methyl sites for hydroxylation is 1. The predicted octanol–water partition coefficient (Wildman–Crippen LogP) is 6.12. The number of benzene rings is 1. The number of nitrogens with zero attached hydrogens (tertiary/aromatic N) is 5.